The Morgan fingerprint density at radius 3 is 2.65 bits per heavy atom. The van der Waals surface area contributed by atoms with Gasteiger partial charge >= 0.3 is 0 Å². The van der Waals surface area contributed by atoms with E-state index < -0.39 is 0 Å². The minimum Gasteiger partial charge on any atom is -0.480 e. The van der Waals surface area contributed by atoms with Gasteiger partial charge < -0.3 is 4.74 Å². The summed E-state index contributed by atoms with van der Waals surface area (Å²) in [7, 11) is 1.69. The van der Waals surface area contributed by atoms with Gasteiger partial charge in [0, 0.05) is 16.9 Å². The van der Waals surface area contributed by atoms with Gasteiger partial charge in [0.15, 0.2) is 0 Å². The van der Waals surface area contributed by atoms with Crippen molar-refractivity contribution in [3.05, 3.63) is 46.3 Å². The van der Waals surface area contributed by atoms with E-state index >= 15 is 0 Å². The molecule has 2 rings (SSSR count). The Labute approximate surface area is 106 Å². The molecule has 0 atom stereocenters. The van der Waals surface area contributed by atoms with Gasteiger partial charge in [-0.2, -0.15) is 4.37 Å². The van der Waals surface area contributed by atoms with E-state index in [0.717, 1.165) is 25.1 Å². The molecule has 1 aromatic carbocycles. The Kier molecular flexibility index (Phi) is 4.15. The predicted molar refractivity (Wildman–Crippen MR) is 71.9 cm³/mol. The zero-order valence-corrected chi connectivity index (χ0v) is 11.1. The van der Waals surface area contributed by atoms with Crippen molar-refractivity contribution in [1.29, 1.82) is 0 Å². The summed E-state index contributed by atoms with van der Waals surface area (Å²) in [5.41, 5.74) is 2.61. The van der Waals surface area contributed by atoms with Crippen LogP contribution in [-0.2, 0) is 12.8 Å². The Bertz CT molecular complexity index is 464. The van der Waals surface area contributed by atoms with E-state index in [2.05, 4.69) is 35.6 Å². The SMILES string of the molecule is CCCc1c(OC)nsc1Cc1ccccc1. The summed E-state index contributed by atoms with van der Waals surface area (Å²) in [6.07, 6.45) is 3.12. The molecule has 0 saturated carbocycles. The molecule has 0 aliphatic heterocycles. The number of rotatable bonds is 5. The van der Waals surface area contributed by atoms with E-state index in [1.165, 1.54) is 16.0 Å². The van der Waals surface area contributed by atoms with Gasteiger partial charge in [-0.05, 0) is 23.5 Å². The second-order valence-electron chi connectivity index (χ2n) is 4.01. The standard InChI is InChI=1S/C14H17NOS/c1-3-7-12-13(17-15-14(12)16-2)10-11-8-5-4-6-9-11/h4-6,8-9H,3,7,10H2,1-2H3. The lowest BCUT2D eigenvalue weighted by molar-refractivity contribution is 0.397. The lowest BCUT2D eigenvalue weighted by Gasteiger charge is -2.03. The average molecular weight is 247 g/mol. The van der Waals surface area contributed by atoms with Crippen LogP contribution in [0.2, 0.25) is 0 Å². The molecule has 0 fully saturated rings. The number of methoxy groups -OCH3 is 1. The minimum atomic E-state index is 0.808. The second-order valence-corrected chi connectivity index (χ2v) is 4.86. The van der Waals surface area contributed by atoms with Crippen molar-refractivity contribution in [2.75, 3.05) is 7.11 Å². The van der Waals surface area contributed by atoms with Crippen molar-refractivity contribution in [3.8, 4) is 5.88 Å². The highest BCUT2D eigenvalue weighted by molar-refractivity contribution is 7.06. The first kappa shape index (κ1) is 12.1. The molecule has 0 radical (unpaired) electrons. The van der Waals surface area contributed by atoms with Gasteiger partial charge in [0.2, 0.25) is 5.88 Å². The molecule has 0 amide bonds. The largest absolute Gasteiger partial charge is 0.480 e. The fourth-order valence-corrected chi connectivity index (χ4v) is 2.81. The van der Waals surface area contributed by atoms with Gasteiger partial charge in [-0.1, -0.05) is 43.7 Å². The van der Waals surface area contributed by atoms with E-state index in [1.54, 1.807) is 18.6 Å². The number of benzene rings is 1. The smallest absolute Gasteiger partial charge is 0.228 e. The van der Waals surface area contributed by atoms with E-state index in [1.807, 2.05) is 6.07 Å². The fraction of sp³-hybridized carbons (Fsp3) is 0.357. The van der Waals surface area contributed by atoms with Crippen molar-refractivity contribution >= 4 is 11.5 Å². The molecular formula is C14H17NOS. The Morgan fingerprint density at radius 1 is 1.24 bits per heavy atom. The molecule has 2 aromatic rings. The van der Waals surface area contributed by atoms with Crippen molar-refractivity contribution in [2.24, 2.45) is 0 Å². The third kappa shape index (κ3) is 2.86. The van der Waals surface area contributed by atoms with Crippen LogP contribution < -0.4 is 4.74 Å². The molecule has 0 spiro atoms. The maximum atomic E-state index is 5.32. The number of nitrogens with zero attached hydrogens (tertiary/aromatic N) is 1. The highest BCUT2D eigenvalue weighted by Gasteiger charge is 2.13. The first-order valence-electron chi connectivity index (χ1n) is 5.90. The van der Waals surface area contributed by atoms with Crippen LogP contribution in [-0.4, -0.2) is 11.5 Å². The molecule has 1 heterocycles. The van der Waals surface area contributed by atoms with Crippen LogP contribution in [0.5, 0.6) is 5.88 Å². The van der Waals surface area contributed by atoms with E-state index in [9.17, 15) is 0 Å². The highest BCUT2D eigenvalue weighted by Crippen LogP contribution is 2.28. The third-order valence-electron chi connectivity index (χ3n) is 2.73. The van der Waals surface area contributed by atoms with Crippen molar-refractivity contribution in [3.63, 3.8) is 0 Å². The molecule has 2 nitrogen and oxygen atoms in total. The van der Waals surface area contributed by atoms with E-state index in [0.29, 0.717) is 0 Å². The summed E-state index contributed by atoms with van der Waals surface area (Å²) in [5.74, 6) is 0.808. The van der Waals surface area contributed by atoms with Crippen molar-refractivity contribution in [1.82, 2.24) is 4.37 Å². The second kappa shape index (κ2) is 5.82. The maximum absolute atomic E-state index is 5.32. The molecule has 0 saturated heterocycles. The van der Waals surface area contributed by atoms with E-state index in [-0.39, 0.29) is 0 Å². The Hall–Kier alpha value is -1.35. The van der Waals surface area contributed by atoms with Crippen LogP contribution >= 0.6 is 11.5 Å². The van der Waals surface area contributed by atoms with Crippen LogP contribution in [0.4, 0.5) is 0 Å². The van der Waals surface area contributed by atoms with Crippen LogP contribution in [0.3, 0.4) is 0 Å². The molecule has 0 bridgehead atoms. The summed E-state index contributed by atoms with van der Waals surface area (Å²) in [5, 5.41) is 0. The van der Waals surface area contributed by atoms with Crippen molar-refractivity contribution in [2.45, 2.75) is 26.2 Å². The summed E-state index contributed by atoms with van der Waals surface area (Å²) in [6, 6.07) is 10.5. The van der Waals surface area contributed by atoms with Gasteiger partial charge in [0.25, 0.3) is 0 Å². The van der Waals surface area contributed by atoms with Crippen LogP contribution in [0, 0.1) is 0 Å². The lowest BCUT2D eigenvalue weighted by atomic mass is 10.1. The summed E-state index contributed by atoms with van der Waals surface area (Å²) >= 11 is 1.56. The minimum absolute atomic E-state index is 0.808. The summed E-state index contributed by atoms with van der Waals surface area (Å²) < 4.78 is 9.68. The van der Waals surface area contributed by atoms with Crippen LogP contribution in [0.15, 0.2) is 30.3 Å². The molecule has 90 valence electrons. The molecule has 0 N–H and O–H groups in total. The molecule has 3 heteroatoms. The first-order chi connectivity index (χ1) is 8.35. The topological polar surface area (TPSA) is 22.1 Å². The normalized spacial score (nSPS) is 10.5. The van der Waals surface area contributed by atoms with Gasteiger partial charge in [-0.3, -0.25) is 0 Å². The van der Waals surface area contributed by atoms with Gasteiger partial charge in [-0.25, -0.2) is 0 Å². The zero-order chi connectivity index (χ0) is 12.1. The number of hydrogen-bond acceptors (Lipinski definition) is 3. The zero-order valence-electron chi connectivity index (χ0n) is 10.3. The predicted octanol–water partition coefficient (Wildman–Crippen LogP) is 3.70. The molecule has 17 heavy (non-hydrogen) atoms. The highest BCUT2D eigenvalue weighted by atomic mass is 32.1. The maximum Gasteiger partial charge on any atom is 0.228 e. The third-order valence-corrected chi connectivity index (χ3v) is 3.60. The molecule has 0 aliphatic carbocycles. The monoisotopic (exact) mass is 247 g/mol. The Balaban J connectivity index is 2.23. The average Bonchev–Trinajstić information content (AvgIpc) is 2.74. The van der Waals surface area contributed by atoms with Gasteiger partial charge in [0.1, 0.15) is 0 Å². The molecule has 0 unspecified atom stereocenters. The molecule has 1 aromatic heterocycles. The van der Waals surface area contributed by atoms with Crippen LogP contribution in [0.25, 0.3) is 0 Å². The number of aromatic nitrogens is 1. The van der Waals surface area contributed by atoms with Gasteiger partial charge in [0.05, 0.1) is 7.11 Å². The molecule has 0 aliphatic rings. The van der Waals surface area contributed by atoms with E-state index in [4.69, 9.17) is 4.74 Å². The Morgan fingerprint density at radius 2 is 2.00 bits per heavy atom. The summed E-state index contributed by atoms with van der Waals surface area (Å²) in [6.45, 7) is 2.18. The van der Waals surface area contributed by atoms with Crippen LogP contribution in [0.1, 0.15) is 29.3 Å². The first-order valence-corrected chi connectivity index (χ1v) is 6.67. The summed E-state index contributed by atoms with van der Waals surface area (Å²) in [4.78, 5) is 1.33. The quantitative estimate of drug-likeness (QED) is 0.804. The lowest BCUT2D eigenvalue weighted by Crippen LogP contribution is -1.94. The number of hydrogen-bond donors (Lipinski definition) is 0. The van der Waals surface area contributed by atoms with Crippen molar-refractivity contribution < 1.29 is 4.74 Å². The molecular weight excluding hydrogens is 230 g/mol. The number of ether oxygens (including phenoxy) is 1. The van der Waals surface area contributed by atoms with Gasteiger partial charge in [-0.15, -0.1) is 0 Å². The fourth-order valence-electron chi connectivity index (χ4n) is 1.90.